The summed E-state index contributed by atoms with van der Waals surface area (Å²) in [5.41, 5.74) is 2.87. The molecule has 0 saturated heterocycles. The number of anilines is 1. The molecule has 1 N–H and O–H groups in total. The second-order valence-corrected chi connectivity index (χ2v) is 7.45. The SMILES string of the molecule is COc1ccc(-c2nn(Cc3ccccc3)cc2C=C(C#N)C(=O)Nc2ccccc2F)cc1. The minimum Gasteiger partial charge on any atom is -0.497 e. The van der Waals surface area contributed by atoms with Gasteiger partial charge in [0, 0.05) is 17.3 Å². The zero-order chi connectivity index (χ0) is 23.9. The largest absolute Gasteiger partial charge is 0.497 e. The molecule has 0 aliphatic heterocycles. The highest BCUT2D eigenvalue weighted by molar-refractivity contribution is 6.10. The van der Waals surface area contributed by atoms with Gasteiger partial charge in [-0.15, -0.1) is 0 Å². The highest BCUT2D eigenvalue weighted by Gasteiger charge is 2.16. The first kappa shape index (κ1) is 22.5. The van der Waals surface area contributed by atoms with Gasteiger partial charge in [0.2, 0.25) is 0 Å². The fraction of sp³-hybridized carbons (Fsp3) is 0.0741. The molecule has 4 rings (SSSR count). The maximum absolute atomic E-state index is 14.0. The van der Waals surface area contributed by atoms with Crippen molar-refractivity contribution in [2.24, 2.45) is 0 Å². The van der Waals surface area contributed by atoms with E-state index < -0.39 is 11.7 Å². The fourth-order valence-electron chi connectivity index (χ4n) is 3.42. The summed E-state index contributed by atoms with van der Waals surface area (Å²) in [5.74, 6) is -0.585. The van der Waals surface area contributed by atoms with E-state index in [-0.39, 0.29) is 11.3 Å². The molecule has 0 radical (unpaired) electrons. The molecule has 0 atom stereocenters. The van der Waals surface area contributed by atoms with E-state index in [1.54, 1.807) is 24.1 Å². The molecule has 4 aromatic rings. The third-order valence-electron chi connectivity index (χ3n) is 5.13. The Kier molecular flexibility index (Phi) is 6.80. The number of amides is 1. The van der Waals surface area contributed by atoms with E-state index in [1.807, 2.05) is 60.7 Å². The van der Waals surface area contributed by atoms with Crippen LogP contribution in [-0.2, 0) is 11.3 Å². The van der Waals surface area contributed by atoms with Crippen LogP contribution in [0.15, 0.2) is 90.6 Å². The highest BCUT2D eigenvalue weighted by Crippen LogP contribution is 2.27. The molecule has 0 spiro atoms. The van der Waals surface area contributed by atoms with Crippen LogP contribution in [0, 0.1) is 17.1 Å². The standard InChI is InChI=1S/C27H21FN4O2/c1-34-23-13-11-20(12-14-23)26-22(18-32(31-26)17-19-7-3-2-4-8-19)15-21(16-29)27(33)30-25-10-6-5-9-24(25)28/h2-15,18H,17H2,1H3,(H,30,33). The van der Waals surface area contributed by atoms with Crippen LogP contribution in [0.4, 0.5) is 10.1 Å². The molecular formula is C27H21FN4O2. The Hall–Kier alpha value is -4.70. The maximum Gasteiger partial charge on any atom is 0.266 e. The maximum atomic E-state index is 14.0. The fourth-order valence-corrected chi connectivity index (χ4v) is 3.42. The van der Waals surface area contributed by atoms with Crippen molar-refractivity contribution in [2.75, 3.05) is 12.4 Å². The van der Waals surface area contributed by atoms with Crippen molar-refractivity contribution in [1.82, 2.24) is 9.78 Å². The van der Waals surface area contributed by atoms with Crippen LogP contribution < -0.4 is 10.1 Å². The number of ether oxygens (including phenoxy) is 1. The Balaban J connectivity index is 1.71. The number of nitrogens with zero attached hydrogens (tertiary/aromatic N) is 3. The summed E-state index contributed by atoms with van der Waals surface area (Å²) in [6, 6.07) is 24.9. The first-order valence-corrected chi connectivity index (χ1v) is 10.5. The summed E-state index contributed by atoms with van der Waals surface area (Å²) in [4.78, 5) is 12.7. The molecule has 168 valence electrons. The Morgan fingerprint density at radius 3 is 2.47 bits per heavy atom. The van der Waals surface area contributed by atoms with Gasteiger partial charge in [-0.1, -0.05) is 42.5 Å². The molecule has 0 saturated carbocycles. The van der Waals surface area contributed by atoms with Crippen LogP contribution in [-0.4, -0.2) is 22.8 Å². The first-order chi connectivity index (χ1) is 16.6. The summed E-state index contributed by atoms with van der Waals surface area (Å²) in [6.07, 6.45) is 3.24. The highest BCUT2D eigenvalue weighted by atomic mass is 19.1. The molecule has 0 bridgehead atoms. The number of benzene rings is 3. The normalized spacial score (nSPS) is 11.0. The Morgan fingerprint density at radius 2 is 1.79 bits per heavy atom. The van der Waals surface area contributed by atoms with Crippen molar-refractivity contribution in [1.29, 1.82) is 5.26 Å². The lowest BCUT2D eigenvalue weighted by molar-refractivity contribution is -0.112. The van der Waals surface area contributed by atoms with Gasteiger partial charge in [0.05, 0.1) is 25.0 Å². The molecule has 1 aromatic heterocycles. The third kappa shape index (κ3) is 5.19. The van der Waals surface area contributed by atoms with Crippen LogP contribution in [0.1, 0.15) is 11.1 Å². The third-order valence-corrected chi connectivity index (χ3v) is 5.13. The van der Waals surface area contributed by atoms with Gasteiger partial charge in [-0.05, 0) is 48.0 Å². The molecule has 0 unspecified atom stereocenters. The second kappa shape index (κ2) is 10.3. The number of nitrogens with one attached hydrogen (secondary N) is 1. The zero-order valence-electron chi connectivity index (χ0n) is 18.4. The van der Waals surface area contributed by atoms with E-state index in [9.17, 15) is 14.4 Å². The van der Waals surface area contributed by atoms with Gasteiger partial charge in [0.1, 0.15) is 23.2 Å². The van der Waals surface area contributed by atoms with E-state index in [2.05, 4.69) is 5.32 Å². The number of methoxy groups -OCH3 is 1. The molecule has 6 nitrogen and oxygen atoms in total. The molecule has 0 aliphatic rings. The average molecular weight is 452 g/mol. The zero-order valence-corrected chi connectivity index (χ0v) is 18.4. The number of nitriles is 1. The number of halogens is 1. The van der Waals surface area contributed by atoms with Crippen molar-refractivity contribution in [3.63, 3.8) is 0 Å². The van der Waals surface area contributed by atoms with Crippen LogP contribution in [0.5, 0.6) is 5.75 Å². The van der Waals surface area contributed by atoms with Gasteiger partial charge in [0.25, 0.3) is 5.91 Å². The molecular weight excluding hydrogens is 431 g/mol. The molecule has 7 heteroatoms. The van der Waals surface area contributed by atoms with E-state index in [4.69, 9.17) is 9.84 Å². The average Bonchev–Trinajstić information content (AvgIpc) is 3.26. The summed E-state index contributed by atoms with van der Waals surface area (Å²) in [6.45, 7) is 0.515. The second-order valence-electron chi connectivity index (χ2n) is 7.45. The van der Waals surface area contributed by atoms with Gasteiger partial charge in [-0.2, -0.15) is 10.4 Å². The van der Waals surface area contributed by atoms with Crippen LogP contribution in [0.2, 0.25) is 0 Å². The molecule has 0 aliphatic carbocycles. The Morgan fingerprint density at radius 1 is 1.09 bits per heavy atom. The summed E-state index contributed by atoms with van der Waals surface area (Å²) in [7, 11) is 1.59. The van der Waals surface area contributed by atoms with Gasteiger partial charge in [0.15, 0.2) is 0 Å². The minimum atomic E-state index is -0.705. The Labute approximate surface area is 196 Å². The number of aromatic nitrogens is 2. The molecule has 3 aromatic carbocycles. The Bertz CT molecular complexity index is 1370. The lowest BCUT2D eigenvalue weighted by Crippen LogP contribution is -2.14. The number of rotatable bonds is 7. The number of hydrogen-bond acceptors (Lipinski definition) is 4. The van der Waals surface area contributed by atoms with E-state index in [0.29, 0.717) is 23.6 Å². The van der Waals surface area contributed by atoms with E-state index in [0.717, 1.165) is 11.1 Å². The van der Waals surface area contributed by atoms with Crippen molar-refractivity contribution < 1.29 is 13.9 Å². The minimum absolute atomic E-state index is 0.00352. The summed E-state index contributed by atoms with van der Waals surface area (Å²) >= 11 is 0. The lowest BCUT2D eigenvalue weighted by atomic mass is 10.1. The van der Waals surface area contributed by atoms with Crippen molar-refractivity contribution in [3.05, 3.63) is 108 Å². The number of carbonyl (C=O) groups is 1. The van der Waals surface area contributed by atoms with Crippen molar-refractivity contribution in [2.45, 2.75) is 6.54 Å². The number of carbonyl (C=O) groups excluding carboxylic acids is 1. The van der Waals surface area contributed by atoms with E-state index >= 15 is 0 Å². The first-order valence-electron chi connectivity index (χ1n) is 10.5. The van der Waals surface area contributed by atoms with Crippen molar-refractivity contribution >= 4 is 17.7 Å². The quantitative estimate of drug-likeness (QED) is 0.305. The summed E-state index contributed by atoms with van der Waals surface area (Å²) < 4.78 is 21.0. The predicted octanol–water partition coefficient (Wildman–Crippen LogP) is 5.29. The van der Waals surface area contributed by atoms with Crippen LogP contribution in [0.25, 0.3) is 17.3 Å². The molecule has 0 fully saturated rings. The van der Waals surface area contributed by atoms with Gasteiger partial charge in [-0.3, -0.25) is 9.48 Å². The van der Waals surface area contributed by atoms with E-state index in [1.165, 1.54) is 24.3 Å². The van der Waals surface area contributed by atoms with Gasteiger partial charge >= 0.3 is 0 Å². The monoisotopic (exact) mass is 452 g/mol. The van der Waals surface area contributed by atoms with Crippen LogP contribution in [0.3, 0.4) is 0 Å². The lowest BCUT2D eigenvalue weighted by Gasteiger charge is -2.05. The van der Waals surface area contributed by atoms with Gasteiger partial charge in [-0.25, -0.2) is 4.39 Å². The van der Waals surface area contributed by atoms with Crippen LogP contribution >= 0.6 is 0 Å². The number of para-hydroxylation sites is 1. The molecule has 34 heavy (non-hydrogen) atoms. The van der Waals surface area contributed by atoms with Crippen molar-refractivity contribution in [3.8, 4) is 23.1 Å². The number of hydrogen-bond donors (Lipinski definition) is 1. The van der Waals surface area contributed by atoms with Gasteiger partial charge < -0.3 is 10.1 Å². The predicted molar refractivity (Wildman–Crippen MR) is 128 cm³/mol. The molecule has 1 heterocycles. The topological polar surface area (TPSA) is 79.9 Å². The smallest absolute Gasteiger partial charge is 0.266 e. The summed E-state index contributed by atoms with van der Waals surface area (Å²) in [5, 5.41) is 16.8. The molecule has 1 amide bonds.